The zero-order chi connectivity index (χ0) is 17.2. The molecule has 0 saturated heterocycles. The van der Waals surface area contributed by atoms with E-state index in [1.165, 1.54) is 0 Å². The zero-order valence-electron chi connectivity index (χ0n) is 14.2. The average Bonchev–Trinajstić information content (AvgIpc) is 2.53. The second-order valence-electron chi connectivity index (χ2n) is 6.49. The molecule has 5 heteroatoms. The first kappa shape index (κ1) is 18.1. The summed E-state index contributed by atoms with van der Waals surface area (Å²) in [5, 5.41) is 10.0. The van der Waals surface area contributed by atoms with Gasteiger partial charge in [-0.05, 0) is 51.9 Å². The Balaban J connectivity index is 2.77. The number of carboxylic acid groups (broad SMARTS) is 1. The standard InChI is InChI=1S/C18H25BrO4/c1-11(2)14-12(10-13(22-3)16(23-4)15(14)19)18(17(20)21)8-6-5-7-9-18/h10-11H,5-9H2,1-4H3,(H,20,21). The summed E-state index contributed by atoms with van der Waals surface area (Å²) < 4.78 is 11.7. The summed E-state index contributed by atoms with van der Waals surface area (Å²) in [5.41, 5.74) is 1.04. The molecule has 0 spiro atoms. The van der Waals surface area contributed by atoms with Gasteiger partial charge < -0.3 is 14.6 Å². The lowest BCUT2D eigenvalue weighted by molar-refractivity contribution is -0.145. The molecule has 128 valence electrons. The Morgan fingerprint density at radius 3 is 2.26 bits per heavy atom. The molecule has 1 saturated carbocycles. The van der Waals surface area contributed by atoms with Gasteiger partial charge in [-0.2, -0.15) is 0 Å². The van der Waals surface area contributed by atoms with Crippen LogP contribution in [0.15, 0.2) is 10.5 Å². The van der Waals surface area contributed by atoms with Gasteiger partial charge in [0.05, 0.1) is 24.1 Å². The van der Waals surface area contributed by atoms with Crippen molar-refractivity contribution >= 4 is 21.9 Å². The second kappa shape index (κ2) is 7.12. The van der Waals surface area contributed by atoms with Crippen LogP contribution in [0.5, 0.6) is 11.5 Å². The number of ether oxygens (including phenoxy) is 2. The van der Waals surface area contributed by atoms with E-state index in [1.54, 1.807) is 14.2 Å². The molecule has 23 heavy (non-hydrogen) atoms. The van der Waals surface area contributed by atoms with Gasteiger partial charge in [-0.3, -0.25) is 4.79 Å². The lowest BCUT2D eigenvalue weighted by Crippen LogP contribution is -2.39. The van der Waals surface area contributed by atoms with Gasteiger partial charge in [0, 0.05) is 0 Å². The predicted molar refractivity (Wildman–Crippen MR) is 93.7 cm³/mol. The fourth-order valence-corrected chi connectivity index (χ4v) is 4.71. The van der Waals surface area contributed by atoms with E-state index >= 15 is 0 Å². The van der Waals surface area contributed by atoms with Gasteiger partial charge in [0.15, 0.2) is 11.5 Å². The number of hydrogen-bond acceptors (Lipinski definition) is 3. The first-order valence-electron chi connectivity index (χ1n) is 8.07. The van der Waals surface area contributed by atoms with E-state index in [0.29, 0.717) is 24.3 Å². The van der Waals surface area contributed by atoms with Gasteiger partial charge in [-0.15, -0.1) is 0 Å². The number of halogens is 1. The maximum absolute atomic E-state index is 12.2. The van der Waals surface area contributed by atoms with Crippen LogP contribution >= 0.6 is 15.9 Å². The molecule has 1 aromatic carbocycles. The van der Waals surface area contributed by atoms with Crippen LogP contribution < -0.4 is 9.47 Å². The Morgan fingerprint density at radius 1 is 1.22 bits per heavy atom. The molecule has 1 aromatic rings. The summed E-state index contributed by atoms with van der Waals surface area (Å²) in [6, 6.07) is 1.87. The Labute approximate surface area is 146 Å². The molecule has 1 aliphatic rings. The third-order valence-corrected chi connectivity index (χ3v) is 5.65. The molecule has 0 atom stereocenters. The molecule has 0 aromatic heterocycles. The van der Waals surface area contributed by atoms with Crippen LogP contribution in [-0.2, 0) is 10.2 Å². The summed E-state index contributed by atoms with van der Waals surface area (Å²) in [4.78, 5) is 12.2. The van der Waals surface area contributed by atoms with Gasteiger partial charge in [0.1, 0.15) is 0 Å². The number of carbonyl (C=O) groups is 1. The molecule has 2 rings (SSSR count). The highest BCUT2D eigenvalue weighted by atomic mass is 79.9. The van der Waals surface area contributed by atoms with Crippen molar-refractivity contribution in [1.82, 2.24) is 0 Å². The number of carboxylic acids is 1. The molecular formula is C18H25BrO4. The van der Waals surface area contributed by atoms with E-state index in [2.05, 4.69) is 29.8 Å². The smallest absolute Gasteiger partial charge is 0.314 e. The van der Waals surface area contributed by atoms with Gasteiger partial charge in [0.2, 0.25) is 0 Å². The Hall–Kier alpha value is -1.23. The van der Waals surface area contributed by atoms with Gasteiger partial charge in [0.25, 0.3) is 0 Å². The Morgan fingerprint density at radius 2 is 1.83 bits per heavy atom. The van der Waals surface area contributed by atoms with Crippen molar-refractivity contribution in [2.24, 2.45) is 0 Å². The van der Waals surface area contributed by atoms with Crippen LogP contribution in [0.1, 0.15) is 63.0 Å². The predicted octanol–water partition coefficient (Wildman–Crippen LogP) is 4.88. The molecular weight excluding hydrogens is 360 g/mol. The largest absolute Gasteiger partial charge is 0.493 e. The van der Waals surface area contributed by atoms with Gasteiger partial charge in [-0.1, -0.05) is 33.1 Å². The number of hydrogen-bond donors (Lipinski definition) is 1. The normalized spacial score (nSPS) is 17.1. The molecule has 1 N–H and O–H groups in total. The minimum atomic E-state index is -0.833. The lowest BCUT2D eigenvalue weighted by Gasteiger charge is -2.36. The van der Waals surface area contributed by atoms with Crippen LogP contribution in [-0.4, -0.2) is 25.3 Å². The summed E-state index contributed by atoms with van der Waals surface area (Å²) in [6.45, 7) is 4.15. The number of benzene rings is 1. The molecule has 4 nitrogen and oxygen atoms in total. The molecule has 0 aliphatic heterocycles. The average molecular weight is 385 g/mol. The summed E-state index contributed by atoms with van der Waals surface area (Å²) in [7, 11) is 3.18. The van der Waals surface area contributed by atoms with E-state index in [-0.39, 0.29) is 5.92 Å². The Bertz CT molecular complexity index is 589. The number of aliphatic carboxylic acids is 1. The zero-order valence-corrected chi connectivity index (χ0v) is 15.8. The minimum Gasteiger partial charge on any atom is -0.493 e. The van der Waals surface area contributed by atoms with Crippen LogP contribution in [0.3, 0.4) is 0 Å². The number of methoxy groups -OCH3 is 2. The number of rotatable bonds is 5. The van der Waals surface area contributed by atoms with Crippen molar-refractivity contribution in [3.8, 4) is 11.5 Å². The lowest BCUT2D eigenvalue weighted by atomic mass is 9.67. The SMILES string of the molecule is COc1cc(C2(C(=O)O)CCCCC2)c(C(C)C)c(Br)c1OC. The highest BCUT2D eigenvalue weighted by Gasteiger charge is 2.44. The van der Waals surface area contributed by atoms with Crippen LogP contribution in [0.25, 0.3) is 0 Å². The van der Waals surface area contributed by atoms with Crippen LogP contribution in [0.4, 0.5) is 0 Å². The minimum absolute atomic E-state index is 0.178. The van der Waals surface area contributed by atoms with Crippen LogP contribution in [0, 0.1) is 0 Å². The van der Waals surface area contributed by atoms with Crippen molar-refractivity contribution in [2.75, 3.05) is 14.2 Å². The first-order valence-corrected chi connectivity index (χ1v) is 8.86. The monoisotopic (exact) mass is 384 g/mol. The van der Waals surface area contributed by atoms with E-state index in [4.69, 9.17) is 9.47 Å². The third-order valence-electron chi connectivity index (χ3n) is 4.86. The third kappa shape index (κ3) is 3.08. The van der Waals surface area contributed by atoms with Gasteiger partial charge >= 0.3 is 5.97 Å². The maximum Gasteiger partial charge on any atom is 0.314 e. The van der Waals surface area contributed by atoms with E-state index in [9.17, 15) is 9.90 Å². The highest BCUT2D eigenvalue weighted by molar-refractivity contribution is 9.10. The topological polar surface area (TPSA) is 55.8 Å². The maximum atomic E-state index is 12.2. The van der Waals surface area contributed by atoms with Crippen molar-refractivity contribution < 1.29 is 19.4 Å². The molecule has 1 aliphatic carbocycles. The van der Waals surface area contributed by atoms with E-state index in [0.717, 1.165) is 34.9 Å². The highest BCUT2D eigenvalue weighted by Crippen LogP contribution is 2.50. The molecule has 1 fully saturated rings. The molecule has 0 heterocycles. The van der Waals surface area contributed by atoms with E-state index < -0.39 is 11.4 Å². The van der Waals surface area contributed by atoms with Crippen LogP contribution in [0.2, 0.25) is 0 Å². The van der Waals surface area contributed by atoms with Crippen molar-refractivity contribution in [1.29, 1.82) is 0 Å². The Kier molecular flexibility index (Phi) is 5.61. The fraction of sp³-hybridized carbons (Fsp3) is 0.611. The van der Waals surface area contributed by atoms with Crippen molar-refractivity contribution in [3.05, 3.63) is 21.7 Å². The van der Waals surface area contributed by atoms with Crippen molar-refractivity contribution in [2.45, 2.75) is 57.3 Å². The molecule has 0 unspecified atom stereocenters. The van der Waals surface area contributed by atoms with Crippen molar-refractivity contribution in [3.63, 3.8) is 0 Å². The summed E-state index contributed by atoms with van der Waals surface area (Å²) in [6.07, 6.45) is 4.32. The summed E-state index contributed by atoms with van der Waals surface area (Å²) in [5.74, 6) is 0.636. The summed E-state index contributed by atoms with van der Waals surface area (Å²) >= 11 is 3.63. The van der Waals surface area contributed by atoms with Gasteiger partial charge in [-0.25, -0.2) is 0 Å². The first-order chi connectivity index (χ1) is 10.9. The molecule has 0 amide bonds. The molecule has 0 radical (unpaired) electrons. The van der Waals surface area contributed by atoms with E-state index in [1.807, 2.05) is 6.07 Å². The quantitative estimate of drug-likeness (QED) is 0.785. The second-order valence-corrected chi connectivity index (χ2v) is 7.28. The molecule has 0 bridgehead atoms. The fourth-order valence-electron chi connectivity index (χ4n) is 3.68.